The molecule has 0 aromatic heterocycles. The Morgan fingerprint density at radius 2 is 1.75 bits per heavy atom. The van der Waals surface area contributed by atoms with E-state index < -0.39 is 5.54 Å². The zero-order valence-electron chi connectivity index (χ0n) is 13.1. The highest BCUT2D eigenvalue weighted by Crippen LogP contribution is 2.15. The first-order chi connectivity index (χ1) is 9.53. The Morgan fingerprint density at radius 1 is 1.15 bits per heavy atom. The standard InChI is InChI=1S/C17H28N2O/c1-4-17(18,5-2)16(20)19(3)14-10-9-13-15-11-7-6-8-12-15/h6-8,11-12H,4-5,9-10,13-14,18H2,1-3H3. The molecule has 0 spiro atoms. The van der Waals surface area contributed by atoms with Crippen molar-refractivity contribution < 1.29 is 4.79 Å². The third kappa shape index (κ3) is 4.64. The number of hydrogen-bond donors (Lipinski definition) is 1. The highest BCUT2D eigenvalue weighted by atomic mass is 16.2. The number of carbonyl (C=O) groups excluding carboxylic acids is 1. The van der Waals surface area contributed by atoms with E-state index in [0.717, 1.165) is 25.8 Å². The van der Waals surface area contributed by atoms with Crippen LogP contribution in [0.2, 0.25) is 0 Å². The zero-order valence-corrected chi connectivity index (χ0v) is 13.1. The second-order valence-electron chi connectivity index (χ2n) is 5.53. The minimum Gasteiger partial charge on any atom is -0.344 e. The Hall–Kier alpha value is -1.35. The maximum atomic E-state index is 12.3. The van der Waals surface area contributed by atoms with Crippen molar-refractivity contribution in [3.05, 3.63) is 35.9 Å². The van der Waals surface area contributed by atoms with Crippen LogP contribution in [0.25, 0.3) is 0 Å². The van der Waals surface area contributed by atoms with Gasteiger partial charge < -0.3 is 10.6 Å². The van der Waals surface area contributed by atoms with Crippen LogP contribution in [-0.4, -0.2) is 29.9 Å². The predicted molar refractivity (Wildman–Crippen MR) is 84.5 cm³/mol. The van der Waals surface area contributed by atoms with Gasteiger partial charge >= 0.3 is 0 Å². The molecule has 2 N–H and O–H groups in total. The van der Waals surface area contributed by atoms with Gasteiger partial charge in [-0.3, -0.25) is 4.79 Å². The van der Waals surface area contributed by atoms with E-state index in [-0.39, 0.29) is 5.91 Å². The number of benzene rings is 1. The molecule has 0 heterocycles. The molecule has 1 aromatic rings. The van der Waals surface area contributed by atoms with E-state index >= 15 is 0 Å². The largest absolute Gasteiger partial charge is 0.344 e. The number of hydrogen-bond acceptors (Lipinski definition) is 2. The van der Waals surface area contributed by atoms with Gasteiger partial charge in [0.15, 0.2) is 0 Å². The molecule has 20 heavy (non-hydrogen) atoms. The van der Waals surface area contributed by atoms with E-state index in [9.17, 15) is 4.79 Å². The molecule has 1 aromatic carbocycles. The van der Waals surface area contributed by atoms with Gasteiger partial charge in [-0.1, -0.05) is 44.2 Å². The molecule has 0 radical (unpaired) electrons. The van der Waals surface area contributed by atoms with Crippen LogP contribution >= 0.6 is 0 Å². The maximum Gasteiger partial charge on any atom is 0.242 e. The molecule has 1 amide bonds. The van der Waals surface area contributed by atoms with E-state index in [4.69, 9.17) is 5.73 Å². The summed E-state index contributed by atoms with van der Waals surface area (Å²) in [5.41, 5.74) is 6.82. The molecule has 0 bridgehead atoms. The number of aryl methyl sites for hydroxylation is 1. The van der Waals surface area contributed by atoms with Crippen LogP contribution < -0.4 is 5.73 Å². The predicted octanol–water partition coefficient (Wildman–Crippen LogP) is 2.99. The molecule has 0 aliphatic rings. The number of nitrogens with zero attached hydrogens (tertiary/aromatic N) is 1. The van der Waals surface area contributed by atoms with Gasteiger partial charge in [0, 0.05) is 13.6 Å². The van der Waals surface area contributed by atoms with Gasteiger partial charge in [-0.25, -0.2) is 0 Å². The average Bonchev–Trinajstić information content (AvgIpc) is 2.50. The molecule has 3 heteroatoms. The topological polar surface area (TPSA) is 46.3 Å². The van der Waals surface area contributed by atoms with Gasteiger partial charge in [-0.15, -0.1) is 0 Å². The van der Waals surface area contributed by atoms with Gasteiger partial charge in [-0.2, -0.15) is 0 Å². The number of carbonyl (C=O) groups is 1. The summed E-state index contributed by atoms with van der Waals surface area (Å²) in [4.78, 5) is 14.1. The normalized spacial score (nSPS) is 11.4. The molecular weight excluding hydrogens is 248 g/mol. The van der Waals surface area contributed by atoms with Crippen LogP contribution in [0.4, 0.5) is 0 Å². The van der Waals surface area contributed by atoms with E-state index in [1.807, 2.05) is 27.0 Å². The number of unbranched alkanes of at least 4 members (excludes halogenated alkanes) is 1. The van der Waals surface area contributed by atoms with E-state index in [2.05, 4.69) is 24.3 Å². The van der Waals surface area contributed by atoms with Crippen molar-refractivity contribution in [1.82, 2.24) is 4.90 Å². The first-order valence-corrected chi connectivity index (χ1v) is 7.62. The van der Waals surface area contributed by atoms with Crippen LogP contribution in [0, 0.1) is 0 Å². The van der Waals surface area contributed by atoms with Crippen molar-refractivity contribution in [3.8, 4) is 0 Å². The van der Waals surface area contributed by atoms with E-state index in [1.165, 1.54) is 5.56 Å². The first kappa shape index (κ1) is 16.7. The number of nitrogens with two attached hydrogens (primary N) is 1. The summed E-state index contributed by atoms with van der Waals surface area (Å²) in [6, 6.07) is 10.5. The van der Waals surface area contributed by atoms with Gasteiger partial charge in [0.2, 0.25) is 5.91 Å². The molecule has 0 saturated carbocycles. The second-order valence-corrected chi connectivity index (χ2v) is 5.53. The molecule has 0 fully saturated rings. The number of likely N-dealkylation sites (N-methyl/N-ethyl adjacent to an activating group) is 1. The van der Waals surface area contributed by atoms with E-state index in [0.29, 0.717) is 12.8 Å². The zero-order chi connectivity index (χ0) is 15.0. The van der Waals surface area contributed by atoms with Gasteiger partial charge in [0.25, 0.3) is 0 Å². The maximum absolute atomic E-state index is 12.3. The Morgan fingerprint density at radius 3 is 2.30 bits per heavy atom. The van der Waals surface area contributed by atoms with Crippen molar-refractivity contribution in [3.63, 3.8) is 0 Å². The minimum atomic E-state index is -0.686. The fraction of sp³-hybridized carbons (Fsp3) is 0.588. The average molecular weight is 276 g/mol. The summed E-state index contributed by atoms with van der Waals surface area (Å²) < 4.78 is 0. The second kappa shape index (κ2) is 8.05. The van der Waals surface area contributed by atoms with Gasteiger partial charge in [-0.05, 0) is 37.7 Å². The lowest BCUT2D eigenvalue weighted by Gasteiger charge is -2.30. The van der Waals surface area contributed by atoms with Gasteiger partial charge in [0.1, 0.15) is 0 Å². The Labute approximate surface area is 123 Å². The summed E-state index contributed by atoms with van der Waals surface area (Å²) >= 11 is 0. The molecule has 0 saturated heterocycles. The molecule has 112 valence electrons. The smallest absolute Gasteiger partial charge is 0.242 e. The molecule has 0 atom stereocenters. The quantitative estimate of drug-likeness (QED) is 0.742. The SMILES string of the molecule is CCC(N)(CC)C(=O)N(C)CCCCc1ccccc1. The lowest BCUT2D eigenvalue weighted by atomic mass is 9.92. The third-order valence-electron chi connectivity index (χ3n) is 4.09. The number of amides is 1. The Bertz CT molecular complexity index is 399. The summed E-state index contributed by atoms with van der Waals surface area (Å²) in [6.45, 7) is 4.74. The fourth-order valence-corrected chi connectivity index (χ4v) is 2.36. The van der Waals surface area contributed by atoms with Crippen molar-refractivity contribution in [2.45, 2.75) is 51.5 Å². The lowest BCUT2D eigenvalue weighted by molar-refractivity contribution is -0.136. The van der Waals surface area contributed by atoms with Crippen LogP contribution in [0.3, 0.4) is 0 Å². The highest BCUT2D eigenvalue weighted by Gasteiger charge is 2.32. The molecule has 0 aliphatic heterocycles. The highest BCUT2D eigenvalue weighted by molar-refractivity contribution is 5.85. The van der Waals surface area contributed by atoms with Crippen molar-refractivity contribution in [2.24, 2.45) is 5.73 Å². The van der Waals surface area contributed by atoms with Crippen LogP contribution in [0.15, 0.2) is 30.3 Å². The summed E-state index contributed by atoms with van der Waals surface area (Å²) in [5, 5.41) is 0. The molecule has 3 nitrogen and oxygen atoms in total. The lowest BCUT2D eigenvalue weighted by Crippen LogP contribution is -2.53. The molecular formula is C17H28N2O. The van der Waals surface area contributed by atoms with Crippen LogP contribution in [-0.2, 0) is 11.2 Å². The van der Waals surface area contributed by atoms with Crippen molar-refractivity contribution >= 4 is 5.91 Å². The summed E-state index contributed by atoms with van der Waals surface area (Å²) in [6.07, 6.45) is 4.56. The molecule has 0 aliphatic carbocycles. The van der Waals surface area contributed by atoms with Gasteiger partial charge in [0.05, 0.1) is 5.54 Å². The summed E-state index contributed by atoms with van der Waals surface area (Å²) in [7, 11) is 1.86. The first-order valence-electron chi connectivity index (χ1n) is 7.62. The molecule has 0 unspecified atom stereocenters. The minimum absolute atomic E-state index is 0.0715. The van der Waals surface area contributed by atoms with Crippen LogP contribution in [0.1, 0.15) is 45.1 Å². The Balaban J connectivity index is 2.33. The van der Waals surface area contributed by atoms with Crippen molar-refractivity contribution in [1.29, 1.82) is 0 Å². The Kier molecular flexibility index (Phi) is 6.73. The third-order valence-corrected chi connectivity index (χ3v) is 4.09. The monoisotopic (exact) mass is 276 g/mol. The summed E-state index contributed by atoms with van der Waals surface area (Å²) in [5.74, 6) is 0.0715. The fourth-order valence-electron chi connectivity index (χ4n) is 2.36. The van der Waals surface area contributed by atoms with Crippen molar-refractivity contribution in [2.75, 3.05) is 13.6 Å². The molecule has 1 rings (SSSR count). The van der Waals surface area contributed by atoms with E-state index in [1.54, 1.807) is 4.90 Å². The number of rotatable bonds is 8. The van der Waals surface area contributed by atoms with Crippen LogP contribution in [0.5, 0.6) is 0 Å².